The highest BCUT2D eigenvalue weighted by Crippen LogP contribution is 2.26. The van der Waals surface area contributed by atoms with E-state index < -0.39 is 11.6 Å². The van der Waals surface area contributed by atoms with E-state index in [4.69, 9.17) is 11.6 Å². The van der Waals surface area contributed by atoms with Crippen molar-refractivity contribution < 1.29 is 13.6 Å². The Hall–Kier alpha value is -2.27. The second kappa shape index (κ2) is 7.33. The van der Waals surface area contributed by atoms with E-state index in [1.54, 1.807) is 30.1 Å². The van der Waals surface area contributed by atoms with Gasteiger partial charge in [0.2, 0.25) is 0 Å². The minimum absolute atomic E-state index is 0.277. The van der Waals surface area contributed by atoms with Gasteiger partial charge in [-0.3, -0.25) is 4.79 Å². The fourth-order valence-corrected chi connectivity index (χ4v) is 2.37. The van der Waals surface area contributed by atoms with Crippen molar-refractivity contribution in [3.63, 3.8) is 0 Å². The molecule has 0 saturated carbocycles. The molecule has 2 aromatic carbocycles. The van der Waals surface area contributed by atoms with Crippen molar-refractivity contribution in [3.8, 4) is 0 Å². The summed E-state index contributed by atoms with van der Waals surface area (Å²) >= 11 is 5.98. The monoisotopic (exact) mass is 336 g/mol. The van der Waals surface area contributed by atoms with Gasteiger partial charge < -0.3 is 4.90 Å². The molecule has 120 valence electrons. The van der Waals surface area contributed by atoms with Crippen LogP contribution in [0, 0.1) is 11.6 Å². The number of hydrogen-bond acceptors (Lipinski definition) is 2. The number of benzene rings is 2. The third-order valence-electron chi connectivity index (χ3n) is 3.34. The predicted molar refractivity (Wildman–Crippen MR) is 89.0 cm³/mol. The Bertz CT molecular complexity index is 742. The van der Waals surface area contributed by atoms with Gasteiger partial charge in [0.1, 0.15) is 17.5 Å². The maximum atomic E-state index is 13.4. The summed E-state index contributed by atoms with van der Waals surface area (Å²) in [5.74, 6) is -0.794. The Morgan fingerprint density at radius 1 is 1.26 bits per heavy atom. The standard InChI is InChI=1S/C17H15ClF2N2O/c1-3-17(21-16-6-4-5-15(18)14(16)10-23)22(2)13-8-11(19)7-12(20)9-13/h4-10H,3H2,1-2H3. The first-order valence-electron chi connectivity index (χ1n) is 6.97. The van der Waals surface area contributed by atoms with E-state index in [9.17, 15) is 13.6 Å². The zero-order chi connectivity index (χ0) is 17.0. The number of carbonyl (C=O) groups excluding carboxylic acids is 1. The SMILES string of the molecule is CCC(=Nc1cccc(Cl)c1C=O)N(C)c1cc(F)cc(F)c1. The minimum Gasteiger partial charge on any atom is -0.333 e. The lowest BCUT2D eigenvalue weighted by Gasteiger charge is -2.21. The first-order valence-corrected chi connectivity index (χ1v) is 7.35. The number of carbonyl (C=O) groups is 1. The van der Waals surface area contributed by atoms with Crippen LogP contribution in [0.1, 0.15) is 23.7 Å². The highest BCUT2D eigenvalue weighted by Gasteiger charge is 2.12. The summed E-state index contributed by atoms with van der Waals surface area (Å²) < 4.78 is 26.8. The van der Waals surface area contributed by atoms with E-state index in [0.29, 0.717) is 34.9 Å². The molecule has 0 saturated heterocycles. The van der Waals surface area contributed by atoms with Gasteiger partial charge in [0.25, 0.3) is 0 Å². The number of anilines is 1. The quantitative estimate of drug-likeness (QED) is 0.447. The van der Waals surface area contributed by atoms with Crippen molar-refractivity contribution >= 4 is 35.1 Å². The van der Waals surface area contributed by atoms with Crippen LogP contribution in [0.25, 0.3) is 0 Å². The molecule has 2 aromatic rings. The first-order chi connectivity index (χ1) is 11.0. The van der Waals surface area contributed by atoms with E-state index in [2.05, 4.69) is 4.99 Å². The van der Waals surface area contributed by atoms with Crippen LogP contribution in [-0.4, -0.2) is 19.2 Å². The van der Waals surface area contributed by atoms with E-state index in [-0.39, 0.29) is 5.56 Å². The average Bonchev–Trinajstić information content (AvgIpc) is 2.51. The van der Waals surface area contributed by atoms with E-state index >= 15 is 0 Å². The molecule has 0 aliphatic heterocycles. The van der Waals surface area contributed by atoms with Crippen LogP contribution >= 0.6 is 11.6 Å². The summed E-state index contributed by atoms with van der Waals surface area (Å²) in [4.78, 5) is 17.2. The summed E-state index contributed by atoms with van der Waals surface area (Å²) in [6.07, 6.45) is 1.13. The van der Waals surface area contributed by atoms with Gasteiger partial charge in [-0.2, -0.15) is 0 Å². The number of aliphatic imine (C=N–C) groups is 1. The molecular weight excluding hydrogens is 322 g/mol. The maximum Gasteiger partial charge on any atom is 0.153 e. The van der Waals surface area contributed by atoms with Crippen molar-refractivity contribution in [1.82, 2.24) is 0 Å². The van der Waals surface area contributed by atoms with Gasteiger partial charge in [-0.1, -0.05) is 24.6 Å². The topological polar surface area (TPSA) is 32.7 Å². The van der Waals surface area contributed by atoms with Crippen molar-refractivity contribution in [2.45, 2.75) is 13.3 Å². The predicted octanol–water partition coefficient (Wildman–Crippen LogP) is 5.01. The summed E-state index contributed by atoms with van der Waals surface area (Å²) in [6.45, 7) is 1.86. The number of rotatable bonds is 4. The molecule has 2 rings (SSSR count). The van der Waals surface area contributed by atoms with Gasteiger partial charge in [0.05, 0.1) is 16.3 Å². The van der Waals surface area contributed by atoms with Gasteiger partial charge in [0, 0.05) is 25.2 Å². The summed E-state index contributed by atoms with van der Waals surface area (Å²) in [5.41, 5.74) is 1.02. The van der Waals surface area contributed by atoms with E-state index in [1.165, 1.54) is 12.1 Å². The number of amidine groups is 1. The summed E-state index contributed by atoms with van der Waals surface area (Å²) in [5, 5.41) is 0.302. The van der Waals surface area contributed by atoms with E-state index in [1.807, 2.05) is 6.92 Å². The van der Waals surface area contributed by atoms with Crippen LogP contribution in [0.2, 0.25) is 5.02 Å². The molecule has 6 heteroatoms. The molecule has 0 atom stereocenters. The van der Waals surface area contributed by atoms with Crippen LogP contribution < -0.4 is 4.90 Å². The lowest BCUT2D eigenvalue weighted by Crippen LogP contribution is -2.25. The normalized spacial score (nSPS) is 11.4. The molecule has 0 amide bonds. The molecule has 3 nitrogen and oxygen atoms in total. The molecular formula is C17H15ClF2N2O. The van der Waals surface area contributed by atoms with Crippen molar-refractivity contribution in [1.29, 1.82) is 0 Å². The number of hydrogen-bond donors (Lipinski definition) is 0. The fourth-order valence-electron chi connectivity index (χ4n) is 2.15. The van der Waals surface area contributed by atoms with Gasteiger partial charge >= 0.3 is 0 Å². The first kappa shape index (κ1) is 17.1. The minimum atomic E-state index is -0.668. The van der Waals surface area contributed by atoms with Crippen LogP contribution in [0.15, 0.2) is 41.4 Å². The average molecular weight is 337 g/mol. The van der Waals surface area contributed by atoms with Crippen LogP contribution in [0.5, 0.6) is 0 Å². The van der Waals surface area contributed by atoms with Gasteiger partial charge in [0.15, 0.2) is 6.29 Å². The lowest BCUT2D eigenvalue weighted by molar-refractivity contribution is 0.112. The zero-order valence-corrected chi connectivity index (χ0v) is 13.4. The molecule has 23 heavy (non-hydrogen) atoms. The molecule has 0 unspecified atom stereocenters. The third kappa shape index (κ3) is 3.93. The Kier molecular flexibility index (Phi) is 5.45. The fraction of sp³-hybridized carbons (Fsp3) is 0.176. The summed E-state index contributed by atoms with van der Waals surface area (Å²) in [6, 6.07) is 8.18. The van der Waals surface area contributed by atoms with Gasteiger partial charge in [-0.05, 0) is 24.3 Å². The third-order valence-corrected chi connectivity index (χ3v) is 3.66. The van der Waals surface area contributed by atoms with Gasteiger partial charge in [-0.25, -0.2) is 13.8 Å². The highest BCUT2D eigenvalue weighted by molar-refractivity contribution is 6.33. The molecule has 0 heterocycles. The van der Waals surface area contributed by atoms with Crippen LogP contribution in [0.4, 0.5) is 20.2 Å². The number of halogens is 3. The second-order valence-corrected chi connectivity index (χ2v) is 5.27. The molecule has 0 aliphatic carbocycles. The Labute approximate surface area is 138 Å². The Morgan fingerprint density at radius 3 is 2.48 bits per heavy atom. The summed E-state index contributed by atoms with van der Waals surface area (Å²) in [7, 11) is 1.65. The molecule has 0 aliphatic rings. The Balaban J connectivity index is 2.46. The number of aldehydes is 1. The van der Waals surface area contributed by atoms with Crippen molar-refractivity contribution in [2.75, 3.05) is 11.9 Å². The smallest absolute Gasteiger partial charge is 0.153 e. The second-order valence-electron chi connectivity index (χ2n) is 4.86. The molecule has 0 N–H and O–H groups in total. The van der Waals surface area contributed by atoms with Gasteiger partial charge in [-0.15, -0.1) is 0 Å². The molecule has 0 radical (unpaired) electrons. The maximum absolute atomic E-state index is 13.4. The largest absolute Gasteiger partial charge is 0.333 e. The molecule has 0 aromatic heterocycles. The molecule has 0 spiro atoms. The van der Waals surface area contributed by atoms with Crippen LogP contribution in [-0.2, 0) is 0 Å². The van der Waals surface area contributed by atoms with Crippen molar-refractivity contribution in [2.24, 2.45) is 4.99 Å². The van der Waals surface area contributed by atoms with E-state index in [0.717, 1.165) is 6.07 Å². The highest BCUT2D eigenvalue weighted by atomic mass is 35.5. The molecule has 0 bridgehead atoms. The van der Waals surface area contributed by atoms with Crippen molar-refractivity contribution in [3.05, 3.63) is 58.6 Å². The van der Waals surface area contributed by atoms with Crippen LogP contribution in [0.3, 0.4) is 0 Å². The Morgan fingerprint density at radius 2 is 1.91 bits per heavy atom. The molecule has 0 fully saturated rings. The lowest BCUT2D eigenvalue weighted by atomic mass is 10.2. The zero-order valence-electron chi connectivity index (χ0n) is 12.7. The number of nitrogens with zero attached hydrogens (tertiary/aromatic N) is 2.